The van der Waals surface area contributed by atoms with E-state index in [4.69, 9.17) is 25.8 Å². The molecule has 1 amide bonds. The number of ether oxygens (including phenoxy) is 3. The van der Waals surface area contributed by atoms with Gasteiger partial charge in [-0.3, -0.25) is 4.79 Å². The predicted octanol–water partition coefficient (Wildman–Crippen LogP) is 3.80. The quantitative estimate of drug-likeness (QED) is 0.501. The lowest BCUT2D eigenvalue weighted by Gasteiger charge is -2.20. The van der Waals surface area contributed by atoms with E-state index in [0.717, 1.165) is 11.1 Å². The van der Waals surface area contributed by atoms with Crippen molar-refractivity contribution in [3.8, 4) is 17.2 Å². The molecule has 0 aromatic heterocycles. The molecule has 0 spiro atoms. The summed E-state index contributed by atoms with van der Waals surface area (Å²) in [5.74, 6) is 0.673. The highest BCUT2D eigenvalue weighted by atomic mass is 35.5. The van der Waals surface area contributed by atoms with Crippen molar-refractivity contribution in [2.24, 2.45) is 5.92 Å². The fourth-order valence-electron chi connectivity index (χ4n) is 4.64. The summed E-state index contributed by atoms with van der Waals surface area (Å²) in [4.78, 5) is 13.6. The number of rotatable bonds is 7. The molecule has 0 bridgehead atoms. The van der Waals surface area contributed by atoms with Crippen LogP contribution in [0.1, 0.15) is 17.0 Å². The van der Waals surface area contributed by atoms with Gasteiger partial charge in [0.1, 0.15) is 5.75 Å². The first kappa shape index (κ1) is 24.4. The number of nitrogens with one attached hydrogen (secondary N) is 1. The van der Waals surface area contributed by atoms with Gasteiger partial charge >= 0.3 is 0 Å². The fraction of sp³-hybridized carbons (Fsp3) is 0.269. The van der Waals surface area contributed by atoms with Crippen molar-refractivity contribution >= 4 is 27.5 Å². The third-order valence-electron chi connectivity index (χ3n) is 6.52. The van der Waals surface area contributed by atoms with Crippen molar-refractivity contribution in [3.05, 3.63) is 82.9 Å². The van der Waals surface area contributed by atoms with Crippen molar-refractivity contribution < 1.29 is 27.4 Å². The minimum atomic E-state index is -3.83. The third kappa shape index (κ3) is 4.74. The van der Waals surface area contributed by atoms with E-state index in [2.05, 4.69) is 5.32 Å². The molecule has 0 radical (unpaired) electrons. The summed E-state index contributed by atoms with van der Waals surface area (Å²) < 4.78 is 44.5. The molecule has 5 rings (SSSR count). The van der Waals surface area contributed by atoms with Gasteiger partial charge < -0.3 is 19.5 Å². The average molecular weight is 529 g/mol. The Hall–Kier alpha value is -3.27. The topological polar surface area (TPSA) is 94.2 Å². The molecule has 2 aliphatic rings. The van der Waals surface area contributed by atoms with Crippen LogP contribution >= 0.6 is 11.6 Å². The molecule has 0 saturated carbocycles. The van der Waals surface area contributed by atoms with Gasteiger partial charge in [0, 0.05) is 30.6 Å². The molecule has 36 heavy (non-hydrogen) atoms. The number of hydrogen-bond acceptors (Lipinski definition) is 6. The number of nitrogens with zero attached hydrogens (tertiary/aromatic N) is 1. The molecular weight excluding hydrogens is 504 g/mol. The zero-order valence-electron chi connectivity index (χ0n) is 19.5. The Morgan fingerprint density at radius 3 is 2.58 bits per heavy atom. The Balaban J connectivity index is 1.40. The van der Waals surface area contributed by atoms with Crippen LogP contribution in [0.3, 0.4) is 0 Å². The summed E-state index contributed by atoms with van der Waals surface area (Å²) in [5, 5.41) is 3.42. The second kappa shape index (κ2) is 10.0. The number of carbonyl (C=O) groups excluding carboxylic acids is 1. The van der Waals surface area contributed by atoms with E-state index in [0.29, 0.717) is 22.3 Å². The lowest BCUT2D eigenvalue weighted by Crippen LogP contribution is -2.35. The summed E-state index contributed by atoms with van der Waals surface area (Å²) in [6.45, 7) is 0.633. The third-order valence-corrected chi connectivity index (χ3v) is 8.61. The van der Waals surface area contributed by atoms with E-state index in [1.807, 2.05) is 36.4 Å². The first-order chi connectivity index (χ1) is 17.4. The Labute approximate surface area is 214 Å². The zero-order valence-corrected chi connectivity index (χ0v) is 21.1. The standard InChI is InChI=1S/C26H25ClN2O6S/c1-33-23-5-3-2-4-20(23)21-14-29(36(31,32)19-9-7-18(27)8-10-19)15-22(21)26(30)28-13-17-6-11-24-25(12-17)35-16-34-24/h2-12,21-22H,13-16H2,1H3,(H,28,30)/t21-,22-/m0/s1. The van der Waals surface area contributed by atoms with Gasteiger partial charge in [-0.25, -0.2) is 8.42 Å². The number of hydrogen-bond donors (Lipinski definition) is 1. The van der Waals surface area contributed by atoms with Gasteiger partial charge in [0.15, 0.2) is 11.5 Å². The molecule has 1 N–H and O–H groups in total. The highest BCUT2D eigenvalue weighted by Crippen LogP contribution is 2.40. The summed E-state index contributed by atoms with van der Waals surface area (Å²) in [5.41, 5.74) is 1.64. The molecule has 3 aromatic carbocycles. The minimum Gasteiger partial charge on any atom is -0.496 e. The van der Waals surface area contributed by atoms with Gasteiger partial charge in [0.05, 0.1) is 17.9 Å². The molecule has 1 saturated heterocycles. The Kier molecular flexibility index (Phi) is 6.79. The van der Waals surface area contributed by atoms with Crippen LogP contribution in [-0.2, 0) is 21.4 Å². The maximum Gasteiger partial charge on any atom is 0.243 e. The number of carbonyl (C=O) groups is 1. The number of halogens is 1. The van der Waals surface area contributed by atoms with E-state index in [-0.39, 0.29) is 43.1 Å². The van der Waals surface area contributed by atoms with E-state index in [9.17, 15) is 13.2 Å². The Morgan fingerprint density at radius 1 is 1.06 bits per heavy atom. The zero-order chi connectivity index (χ0) is 25.3. The van der Waals surface area contributed by atoms with Crippen molar-refractivity contribution in [2.75, 3.05) is 27.0 Å². The highest BCUT2D eigenvalue weighted by Gasteiger charge is 2.44. The van der Waals surface area contributed by atoms with Crippen LogP contribution in [0, 0.1) is 5.92 Å². The minimum absolute atomic E-state index is 0.0423. The first-order valence-electron chi connectivity index (χ1n) is 11.4. The van der Waals surface area contributed by atoms with Crippen LogP contribution in [0.15, 0.2) is 71.6 Å². The van der Waals surface area contributed by atoms with E-state index >= 15 is 0 Å². The van der Waals surface area contributed by atoms with Gasteiger partial charge in [0.25, 0.3) is 0 Å². The molecule has 10 heteroatoms. The van der Waals surface area contributed by atoms with Crippen LogP contribution in [-0.4, -0.2) is 45.6 Å². The van der Waals surface area contributed by atoms with Crippen molar-refractivity contribution in [1.82, 2.24) is 9.62 Å². The highest BCUT2D eigenvalue weighted by molar-refractivity contribution is 7.89. The van der Waals surface area contributed by atoms with Crippen molar-refractivity contribution in [3.63, 3.8) is 0 Å². The number of benzene rings is 3. The summed E-state index contributed by atoms with van der Waals surface area (Å²) in [6.07, 6.45) is 0. The fourth-order valence-corrected chi connectivity index (χ4v) is 6.26. The maximum atomic E-state index is 13.4. The summed E-state index contributed by atoms with van der Waals surface area (Å²) in [7, 11) is -2.27. The van der Waals surface area contributed by atoms with E-state index in [1.54, 1.807) is 13.2 Å². The molecule has 1 fully saturated rings. The van der Waals surface area contributed by atoms with Crippen LogP contribution in [0.25, 0.3) is 0 Å². The average Bonchev–Trinajstić information content (AvgIpc) is 3.55. The number of para-hydroxylation sites is 1. The van der Waals surface area contributed by atoms with Gasteiger partial charge in [-0.05, 0) is 53.6 Å². The van der Waals surface area contributed by atoms with Gasteiger partial charge in [-0.1, -0.05) is 35.9 Å². The number of methoxy groups -OCH3 is 1. The normalized spacial score (nSPS) is 19.3. The predicted molar refractivity (Wildman–Crippen MR) is 134 cm³/mol. The monoisotopic (exact) mass is 528 g/mol. The SMILES string of the molecule is COc1ccccc1[C@@H]1CN(S(=O)(=O)c2ccc(Cl)cc2)C[C@@H]1C(=O)NCc1ccc2c(c1)OCO2. The molecular formula is C26H25ClN2O6S. The van der Waals surface area contributed by atoms with Crippen molar-refractivity contribution in [2.45, 2.75) is 17.4 Å². The smallest absolute Gasteiger partial charge is 0.243 e. The van der Waals surface area contributed by atoms with Crippen molar-refractivity contribution in [1.29, 1.82) is 0 Å². The number of amides is 1. The largest absolute Gasteiger partial charge is 0.496 e. The Morgan fingerprint density at radius 2 is 1.81 bits per heavy atom. The maximum absolute atomic E-state index is 13.4. The summed E-state index contributed by atoms with van der Waals surface area (Å²) >= 11 is 5.95. The molecule has 3 aromatic rings. The first-order valence-corrected chi connectivity index (χ1v) is 13.2. The second-order valence-corrected chi connectivity index (χ2v) is 11.0. The molecule has 2 aliphatic heterocycles. The lowest BCUT2D eigenvalue weighted by molar-refractivity contribution is -0.125. The van der Waals surface area contributed by atoms with Crippen LogP contribution in [0.4, 0.5) is 0 Å². The summed E-state index contributed by atoms with van der Waals surface area (Å²) in [6, 6.07) is 18.9. The second-order valence-electron chi connectivity index (χ2n) is 8.64. The molecule has 0 unspecified atom stereocenters. The molecule has 2 heterocycles. The van der Waals surface area contributed by atoms with Gasteiger partial charge in [-0.15, -0.1) is 0 Å². The molecule has 2 atom stereocenters. The number of sulfonamides is 1. The Bertz CT molecular complexity index is 1380. The number of fused-ring (bicyclic) bond motifs is 1. The van der Waals surface area contributed by atoms with Crippen LogP contribution in [0.5, 0.6) is 17.2 Å². The van der Waals surface area contributed by atoms with Crippen LogP contribution < -0.4 is 19.5 Å². The van der Waals surface area contributed by atoms with E-state index < -0.39 is 15.9 Å². The van der Waals surface area contributed by atoms with E-state index in [1.165, 1.54) is 28.6 Å². The van der Waals surface area contributed by atoms with Gasteiger partial charge in [0.2, 0.25) is 22.7 Å². The lowest BCUT2D eigenvalue weighted by atomic mass is 9.87. The van der Waals surface area contributed by atoms with Crippen LogP contribution in [0.2, 0.25) is 5.02 Å². The molecule has 0 aliphatic carbocycles. The molecule has 8 nitrogen and oxygen atoms in total. The molecule has 188 valence electrons. The van der Waals surface area contributed by atoms with Gasteiger partial charge in [-0.2, -0.15) is 4.31 Å².